The van der Waals surface area contributed by atoms with Gasteiger partial charge in [-0.25, -0.2) is 9.97 Å². The van der Waals surface area contributed by atoms with Crippen LogP contribution in [-0.2, 0) is 5.41 Å². The Labute approximate surface area is 286 Å². The van der Waals surface area contributed by atoms with Crippen molar-refractivity contribution in [2.45, 2.75) is 19.3 Å². The summed E-state index contributed by atoms with van der Waals surface area (Å²) in [6.45, 7) is 4.57. The summed E-state index contributed by atoms with van der Waals surface area (Å²) >= 11 is 1.84. The van der Waals surface area contributed by atoms with Crippen LogP contribution in [0.15, 0.2) is 140 Å². The molecular weight excluding hydrogens is 615 g/mol. The second-order valence-electron chi connectivity index (χ2n) is 13.8. The molecule has 0 N–H and O–H groups in total. The van der Waals surface area contributed by atoms with Gasteiger partial charge in [-0.05, 0) is 52.1 Å². The van der Waals surface area contributed by atoms with Gasteiger partial charge in [0.2, 0.25) is 0 Å². The molecule has 0 radical (unpaired) electrons. The molecule has 230 valence electrons. The number of rotatable bonds is 2. The monoisotopic (exact) mass is 643 g/mol. The maximum Gasteiger partial charge on any atom is 0.164 e. The quantitative estimate of drug-likeness (QED) is 0.188. The van der Waals surface area contributed by atoms with Crippen molar-refractivity contribution in [3.8, 4) is 28.3 Å². The summed E-state index contributed by atoms with van der Waals surface area (Å²) in [4.78, 5) is 11.4. The van der Waals surface area contributed by atoms with E-state index in [9.17, 15) is 0 Å². The summed E-state index contributed by atoms with van der Waals surface area (Å²) in [5, 5.41) is 9.82. The maximum absolute atomic E-state index is 5.76. The first-order chi connectivity index (χ1) is 24.0. The van der Waals surface area contributed by atoms with E-state index in [1.54, 1.807) is 0 Å². The van der Waals surface area contributed by atoms with Crippen LogP contribution in [0.4, 0.5) is 0 Å². The highest BCUT2D eigenvalue weighted by Gasteiger charge is 2.39. The molecular formula is C45H29N3S. The lowest BCUT2D eigenvalue weighted by molar-refractivity contribution is 0.633. The highest BCUT2D eigenvalue weighted by atomic mass is 32.1. The summed E-state index contributed by atoms with van der Waals surface area (Å²) in [5.41, 5.74) is 8.40. The Kier molecular flexibility index (Phi) is 5.33. The van der Waals surface area contributed by atoms with Crippen LogP contribution in [0.5, 0.6) is 0 Å². The van der Waals surface area contributed by atoms with Crippen molar-refractivity contribution in [3.63, 3.8) is 0 Å². The first kappa shape index (κ1) is 27.1. The Morgan fingerprint density at radius 2 is 1.24 bits per heavy atom. The van der Waals surface area contributed by atoms with Crippen LogP contribution in [0, 0.1) is 0 Å². The lowest BCUT2D eigenvalue weighted by Crippen LogP contribution is -2.18. The second kappa shape index (κ2) is 9.62. The molecule has 0 aliphatic heterocycles. The zero-order valence-electron chi connectivity index (χ0n) is 27.0. The van der Waals surface area contributed by atoms with Gasteiger partial charge in [0, 0.05) is 52.9 Å². The van der Waals surface area contributed by atoms with E-state index in [1.165, 1.54) is 63.6 Å². The Bertz CT molecular complexity index is 3030. The maximum atomic E-state index is 5.76. The van der Waals surface area contributed by atoms with E-state index in [2.05, 4.69) is 158 Å². The molecule has 0 bridgehead atoms. The van der Waals surface area contributed by atoms with Gasteiger partial charge in [-0.3, -0.25) is 4.57 Å². The molecule has 3 heterocycles. The van der Waals surface area contributed by atoms with Crippen molar-refractivity contribution in [2.75, 3.05) is 0 Å². The lowest BCUT2D eigenvalue weighted by Gasteiger charge is -2.22. The number of fused-ring (bicyclic) bond motifs is 12. The van der Waals surface area contributed by atoms with Crippen LogP contribution in [-0.4, -0.2) is 14.5 Å². The van der Waals surface area contributed by atoms with Crippen LogP contribution >= 0.6 is 11.3 Å². The van der Waals surface area contributed by atoms with Crippen LogP contribution in [0.25, 0.3) is 91.9 Å². The van der Waals surface area contributed by atoms with Gasteiger partial charge in [-0.2, -0.15) is 0 Å². The number of benzene rings is 7. The van der Waals surface area contributed by atoms with Crippen molar-refractivity contribution in [1.29, 1.82) is 0 Å². The normalized spacial score (nSPS) is 13.7. The van der Waals surface area contributed by atoms with Gasteiger partial charge >= 0.3 is 0 Å². The molecule has 0 unspecified atom stereocenters. The fourth-order valence-electron chi connectivity index (χ4n) is 8.32. The number of hydrogen-bond acceptors (Lipinski definition) is 3. The molecule has 1 aliphatic carbocycles. The Hall–Kier alpha value is -5.84. The van der Waals surface area contributed by atoms with E-state index >= 15 is 0 Å². The predicted molar refractivity (Wildman–Crippen MR) is 207 cm³/mol. The molecule has 3 nitrogen and oxygen atoms in total. The molecule has 0 saturated heterocycles. The highest BCUT2D eigenvalue weighted by molar-refractivity contribution is 7.25. The number of nitrogens with zero attached hydrogens (tertiary/aromatic N) is 3. The fourth-order valence-corrected chi connectivity index (χ4v) is 9.40. The third-order valence-electron chi connectivity index (χ3n) is 10.7. The van der Waals surface area contributed by atoms with Crippen LogP contribution < -0.4 is 0 Å². The minimum Gasteiger partial charge on any atom is -0.291 e. The van der Waals surface area contributed by atoms with Gasteiger partial charge in [0.15, 0.2) is 5.82 Å². The average molecular weight is 644 g/mol. The van der Waals surface area contributed by atoms with Gasteiger partial charge in [-0.15, -0.1) is 11.3 Å². The van der Waals surface area contributed by atoms with Crippen molar-refractivity contribution >= 4 is 74.9 Å². The van der Waals surface area contributed by atoms with E-state index in [1.807, 2.05) is 11.3 Å². The van der Waals surface area contributed by atoms with Crippen molar-refractivity contribution in [2.24, 2.45) is 0 Å². The fraction of sp³-hybridized carbons (Fsp3) is 0.0667. The molecule has 10 aromatic rings. The molecule has 7 aromatic carbocycles. The van der Waals surface area contributed by atoms with Gasteiger partial charge in [0.1, 0.15) is 5.69 Å². The topological polar surface area (TPSA) is 30.7 Å². The Morgan fingerprint density at radius 3 is 2.12 bits per heavy atom. The third-order valence-corrected chi connectivity index (χ3v) is 11.9. The summed E-state index contributed by atoms with van der Waals surface area (Å²) in [7, 11) is 0. The van der Waals surface area contributed by atoms with Crippen LogP contribution in [0.2, 0.25) is 0 Å². The molecule has 0 saturated carbocycles. The molecule has 3 aromatic heterocycles. The SMILES string of the molecule is CC1(C)c2ccccc2-c2nc(-c3ccc4sc5ccccc5c4c3)c(-n3c4cc5ccccc5cc4c4ccc5ccccc5c43)nc21. The molecule has 0 amide bonds. The third kappa shape index (κ3) is 3.67. The van der Waals surface area contributed by atoms with Gasteiger partial charge in [-0.1, -0.05) is 123 Å². The number of hydrogen-bond donors (Lipinski definition) is 0. The molecule has 1 aliphatic rings. The first-order valence-corrected chi connectivity index (χ1v) is 17.7. The number of aromatic nitrogens is 3. The van der Waals surface area contributed by atoms with Crippen LogP contribution in [0.1, 0.15) is 25.1 Å². The molecule has 0 spiro atoms. The van der Waals surface area contributed by atoms with Gasteiger partial charge in [0.25, 0.3) is 0 Å². The van der Waals surface area contributed by atoms with E-state index in [-0.39, 0.29) is 5.41 Å². The van der Waals surface area contributed by atoms with E-state index in [0.29, 0.717) is 0 Å². The first-order valence-electron chi connectivity index (χ1n) is 16.8. The lowest BCUT2D eigenvalue weighted by atomic mass is 9.85. The summed E-state index contributed by atoms with van der Waals surface area (Å²) in [5.74, 6) is 0.866. The average Bonchev–Trinajstić information content (AvgIpc) is 3.75. The standard InChI is InChI=1S/C45H29N3S/c1-45(2)36-17-9-7-16-33(36)41-43(45)47-44(40(46-41)29-20-22-39-35(24-29)31-15-8-10-18-38(31)49-39)48-37-25-28-13-4-3-12-27(28)23-34(37)32-21-19-26-11-5-6-14-30(26)42(32)48/h3-25H,1-2H3. The minimum atomic E-state index is -0.298. The second-order valence-corrected chi connectivity index (χ2v) is 14.9. The van der Waals surface area contributed by atoms with Crippen molar-refractivity contribution in [3.05, 3.63) is 151 Å². The summed E-state index contributed by atoms with van der Waals surface area (Å²) in [6.07, 6.45) is 0. The zero-order valence-corrected chi connectivity index (χ0v) is 27.8. The predicted octanol–water partition coefficient (Wildman–Crippen LogP) is 12.2. The van der Waals surface area contributed by atoms with Gasteiger partial charge < -0.3 is 0 Å². The van der Waals surface area contributed by atoms with Crippen molar-refractivity contribution in [1.82, 2.24) is 14.5 Å². The largest absolute Gasteiger partial charge is 0.291 e. The summed E-state index contributed by atoms with van der Waals surface area (Å²) < 4.78 is 4.99. The van der Waals surface area contributed by atoms with E-state index in [0.717, 1.165) is 39.5 Å². The van der Waals surface area contributed by atoms with E-state index < -0.39 is 0 Å². The Balaban J connectivity index is 1.33. The number of thiophene rings is 1. The molecule has 49 heavy (non-hydrogen) atoms. The van der Waals surface area contributed by atoms with Crippen molar-refractivity contribution < 1.29 is 0 Å². The summed E-state index contributed by atoms with van der Waals surface area (Å²) in [6, 6.07) is 50.8. The molecule has 0 atom stereocenters. The van der Waals surface area contributed by atoms with Gasteiger partial charge in [0.05, 0.1) is 22.4 Å². The minimum absolute atomic E-state index is 0.298. The Morgan fingerprint density at radius 1 is 0.531 bits per heavy atom. The zero-order chi connectivity index (χ0) is 32.4. The van der Waals surface area contributed by atoms with Crippen LogP contribution in [0.3, 0.4) is 0 Å². The smallest absolute Gasteiger partial charge is 0.164 e. The molecule has 4 heteroatoms. The molecule has 0 fully saturated rings. The molecule has 11 rings (SSSR count). The van der Waals surface area contributed by atoms with E-state index in [4.69, 9.17) is 9.97 Å². The highest BCUT2D eigenvalue weighted by Crippen LogP contribution is 2.49.